The maximum absolute atomic E-state index is 11.7. The van der Waals surface area contributed by atoms with Gasteiger partial charge in [0, 0.05) is 12.5 Å². The minimum atomic E-state index is -1.18. The average molecular weight is 296 g/mol. The van der Waals surface area contributed by atoms with Crippen molar-refractivity contribution in [2.45, 2.75) is 52.5 Å². The molecular formula is C15H24N2O4. The van der Waals surface area contributed by atoms with Crippen LogP contribution in [-0.2, 0) is 14.4 Å². The molecule has 0 saturated heterocycles. The Morgan fingerprint density at radius 2 is 1.81 bits per heavy atom. The lowest BCUT2D eigenvalue weighted by molar-refractivity contribution is -0.141. The molecule has 0 heterocycles. The lowest BCUT2D eigenvalue weighted by Gasteiger charge is -2.12. The van der Waals surface area contributed by atoms with E-state index in [4.69, 9.17) is 10.8 Å². The number of primary amides is 1. The molecule has 21 heavy (non-hydrogen) atoms. The standard InChI is InChI=1S/C15H24N2O4/c1-10(2)5-4-6-11(3)9-14(19)17-12(15(20)21)7-8-13(16)18/h5,9,12H,4,6-8H2,1-3H3,(H2,16,18)(H,17,19)(H,20,21)/b11-9+. The SMILES string of the molecule is CC(C)=CCC/C(C)=C/C(=O)NC(CCC(N)=O)C(=O)O. The van der Waals surface area contributed by atoms with Crippen LogP contribution in [0.3, 0.4) is 0 Å². The largest absolute Gasteiger partial charge is 0.480 e. The smallest absolute Gasteiger partial charge is 0.326 e. The van der Waals surface area contributed by atoms with E-state index in [9.17, 15) is 14.4 Å². The van der Waals surface area contributed by atoms with Crippen molar-refractivity contribution in [1.29, 1.82) is 0 Å². The normalized spacial score (nSPS) is 12.4. The molecule has 4 N–H and O–H groups in total. The Morgan fingerprint density at radius 1 is 1.19 bits per heavy atom. The van der Waals surface area contributed by atoms with Crippen molar-refractivity contribution >= 4 is 17.8 Å². The second-order valence-corrected chi connectivity index (χ2v) is 5.22. The van der Waals surface area contributed by atoms with Gasteiger partial charge in [0.2, 0.25) is 11.8 Å². The van der Waals surface area contributed by atoms with Crippen LogP contribution in [0.15, 0.2) is 23.3 Å². The summed E-state index contributed by atoms with van der Waals surface area (Å²) in [6.07, 6.45) is 4.93. The van der Waals surface area contributed by atoms with Gasteiger partial charge in [-0.05, 0) is 40.0 Å². The number of nitrogens with one attached hydrogen (secondary N) is 1. The minimum Gasteiger partial charge on any atom is -0.480 e. The predicted octanol–water partition coefficient (Wildman–Crippen LogP) is 1.51. The van der Waals surface area contributed by atoms with Gasteiger partial charge in [0.1, 0.15) is 6.04 Å². The number of hydrogen-bond acceptors (Lipinski definition) is 3. The summed E-state index contributed by atoms with van der Waals surface area (Å²) >= 11 is 0. The highest BCUT2D eigenvalue weighted by Gasteiger charge is 2.19. The summed E-state index contributed by atoms with van der Waals surface area (Å²) in [4.78, 5) is 33.4. The van der Waals surface area contributed by atoms with Crippen LogP contribution in [-0.4, -0.2) is 28.9 Å². The number of amides is 2. The number of hydrogen-bond donors (Lipinski definition) is 3. The van der Waals surface area contributed by atoms with Crippen LogP contribution < -0.4 is 11.1 Å². The maximum atomic E-state index is 11.7. The lowest BCUT2D eigenvalue weighted by Crippen LogP contribution is -2.40. The summed E-state index contributed by atoms with van der Waals surface area (Å²) in [6.45, 7) is 5.82. The van der Waals surface area contributed by atoms with Crippen LogP contribution in [0, 0.1) is 0 Å². The molecule has 0 aliphatic heterocycles. The average Bonchev–Trinajstić information content (AvgIpc) is 2.33. The van der Waals surface area contributed by atoms with Gasteiger partial charge in [-0.3, -0.25) is 9.59 Å². The quantitative estimate of drug-likeness (QED) is 0.442. The molecular weight excluding hydrogens is 272 g/mol. The van der Waals surface area contributed by atoms with E-state index in [1.807, 2.05) is 20.8 Å². The highest BCUT2D eigenvalue weighted by Crippen LogP contribution is 2.06. The second-order valence-electron chi connectivity index (χ2n) is 5.22. The number of allylic oxidation sites excluding steroid dienone is 3. The van der Waals surface area contributed by atoms with Gasteiger partial charge in [0.15, 0.2) is 0 Å². The highest BCUT2D eigenvalue weighted by atomic mass is 16.4. The van der Waals surface area contributed by atoms with E-state index in [0.29, 0.717) is 0 Å². The first-order chi connectivity index (χ1) is 9.72. The van der Waals surface area contributed by atoms with Crippen molar-refractivity contribution in [3.8, 4) is 0 Å². The molecule has 0 spiro atoms. The summed E-state index contributed by atoms with van der Waals surface area (Å²) in [5.74, 6) is -2.24. The molecule has 0 rings (SSSR count). The molecule has 0 aliphatic rings. The fraction of sp³-hybridized carbons (Fsp3) is 0.533. The zero-order valence-electron chi connectivity index (χ0n) is 12.8. The molecule has 1 unspecified atom stereocenters. The van der Waals surface area contributed by atoms with E-state index in [-0.39, 0.29) is 12.8 Å². The first-order valence-electron chi connectivity index (χ1n) is 6.84. The van der Waals surface area contributed by atoms with E-state index < -0.39 is 23.8 Å². The van der Waals surface area contributed by atoms with Gasteiger partial charge >= 0.3 is 5.97 Å². The van der Waals surface area contributed by atoms with Crippen molar-refractivity contribution < 1.29 is 19.5 Å². The van der Waals surface area contributed by atoms with Gasteiger partial charge in [-0.2, -0.15) is 0 Å². The Labute approximate surface area is 125 Å². The number of carbonyl (C=O) groups excluding carboxylic acids is 2. The monoisotopic (exact) mass is 296 g/mol. The van der Waals surface area contributed by atoms with Crippen molar-refractivity contribution in [1.82, 2.24) is 5.32 Å². The van der Waals surface area contributed by atoms with Gasteiger partial charge in [-0.1, -0.05) is 17.2 Å². The summed E-state index contributed by atoms with van der Waals surface area (Å²) in [5.41, 5.74) is 7.05. The second kappa shape index (κ2) is 9.74. The van der Waals surface area contributed by atoms with Gasteiger partial charge in [-0.15, -0.1) is 0 Å². The number of carboxylic acid groups (broad SMARTS) is 1. The Bertz CT molecular complexity index is 449. The Kier molecular flexibility index (Phi) is 8.76. The minimum absolute atomic E-state index is 0.0128. The molecule has 0 bridgehead atoms. The molecule has 2 amide bonds. The number of rotatable bonds is 9. The molecule has 0 radical (unpaired) electrons. The molecule has 1 atom stereocenters. The van der Waals surface area contributed by atoms with Gasteiger partial charge in [0.25, 0.3) is 0 Å². The molecule has 0 aliphatic carbocycles. The topological polar surface area (TPSA) is 109 Å². The number of nitrogens with two attached hydrogens (primary N) is 1. The number of aliphatic carboxylic acids is 1. The predicted molar refractivity (Wildman–Crippen MR) is 80.4 cm³/mol. The number of carboxylic acids is 1. The van der Waals surface area contributed by atoms with E-state index in [0.717, 1.165) is 18.4 Å². The maximum Gasteiger partial charge on any atom is 0.326 e. The fourth-order valence-electron chi connectivity index (χ4n) is 1.64. The van der Waals surface area contributed by atoms with E-state index in [1.165, 1.54) is 11.6 Å². The molecule has 0 saturated carbocycles. The van der Waals surface area contributed by atoms with Crippen molar-refractivity contribution in [2.75, 3.05) is 0 Å². The molecule has 0 aromatic heterocycles. The molecule has 0 fully saturated rings. The van der Waals surface area contributed by atoms with Crippen LogP contribution in [0.1, 0.15) is 46.5 Å². The van der Waals surface area contributed by atoms with Crippen LogP contribution in [0.5, 0.6) is 0 Å². The number of carbonyl (C=O) groups is 3. The zero-order chi connectivity index (χ0) is 16.4. The van der Waals surface area contributed by atoms with E-state index in [2.05, 4.69) is 11.4 Å². The molecule has 6 nitrogen and oxygen atoms in total. The zero-order valence-corrected chi connectivity index (χ0v) is 12.8. The third-order valence-electron chi connectivity index (χ3n) is 2.76. The molecule has 0 aromatic rings. The van der Waals surface area contributed by atoms with Crippen LogP contribution >= 0.6 is 0 Å². The first-order valence-corrected chi connectivity index (χ1v) is 6.84. The van der Waals surface area contributed by atoms with Gasteiger partial charge in [-0.25, -0.2) is 4.79 Å². The Hall–Kier alpha value is -2.11. The first kappa shape index (κ1) is 18.9. The van der Waals surface area contributed by atoms with Crippen molar-refractivity contribution in [2.24, 2.45) is 5.73 Å². The van der Waals surface area contributed by atoms with Crippen molar-refractivity contribution in [3.63, 3.8) is 0 Å². The molecule has 118 valence electrons. The van der Waals surface area contributed by atoms with Crippen LogP contribution in [0.4, 0.5) is 0 Å². The Morgan fingerprint density at radius 3 is 2.29 bits per heavy atom. The third-order valence-corrected chi connectivity index (χ3v) is 2.76. The van der Waals surface area contributed by atoms with E-state index in [1.54, 1.807) is 0 Å². The van der Waals surface area contributed by atoms with Crippen LogP contribution in [0.2, 0.25) is 0 Å². The van der Waals surface area contributed by atoms with Crippen molar-refractivity contribution in [3.05, 3.63) is 23.3 Å². The summed E-state index contributed by atoms with van der Waals surface area (Å²) in [6, 6.07) is -1.10. The summed E-state index contributed by atoms with van der Waals surface area (Å²) in [5, 5.41) is 11.3. The van der Waals surface area contributed by atoms with E-state index >= 15 is 0 Å². The molecule has 6 heteroatoms. The van der Waals surface area contributed by atoms with Gasteiger partial charge < -0.3 is 16.2 Å². The van der Waals surface area contributed by atoms with Gasteiger partial charge in [0.05, 0.1) is 0 Å². The Balaban J connectivity index is 4.44. The molecule has 0 aromatic carbocycles. The summed E-state index contributed by atoms with van der Waals surface area (Å²) < 4.78 is 0. The third kappa shape index (κ3) is 10.4. The lowest BCUT2D eigenvalue weighted by atomic mass is 10.1. The van der Waals surface area contributed by atoms with Crippen LogP contribution in [0.25, 0.3) is 0 Å². The highest BCUT2D eigenvalue weighted by molar-refractivity contribution is 5.91. The fourth-order valence-corrected chi connectivity index (χ4v) is 1.64. The summed E-state index contributed by atoms with van der Waals surface area (Å²) in [7, 11) is 0.